The number of alkyl halides is 3. The van der Waals surface area contributed by atoms with Gasteiger partial charge < -0.3 is 0 Å². The van der Waals surface area contributed by atoms with Crippen molar-refractivity contribution in [2.45, 2.75) is 45.3 Å². The standard InChI is InChI=1S/C19H18F4N4O/c1-2-3-4-5-6-27-11-26-16-8-13(15(20)7-14(16)18(27)28)17-24-9-12(10-25-17)19(21,22)23/h7-11H,2-6H2,1H3. The number of nitrogens with zero attached hydrogens (tertiary/aromatic N) is 4. The van der Waals surface area contributed by atoms with Crippen LogP contribution in [0.2, 0.25) is 0 Å². The van der Waals surface area contributed by atoms with Crippen molar-refractivity contribution in [3.05, 3.63) is 52.6 Å². The van der Waals surface area contributed by atoms with Gasteiger partial charge in [0.2, 0.25) is 0 Å². The highest BCUT2D eigenvalue weighted by molar-refractivity contribution is 5.82. The summed E-state index contributed by atoms with van der Waals surface area (Å²) in [7, 11) is 0. The molecule has 1 aromatic carbocycles. The van der Waals surface area contributed by atoms with Crippen molar-refractivity contribution < 1.29 is 17.6 Å². The van der Waals surface area contributed by atoms with E-state index in [0.717, 1.165) is 31.7 Å². The van der Waals surface area contributed by atoms with Crippen LogP contribution in [0.15, 0.2) is 35.6 Å². The molecule has 0 radical (unpaired) electrons. The van der Waals surface area contributed by atoms with E-state index in [1.807, 2.05) is 0 Å². The van der Waals surface area contributed by atoms with Crippen molar-refractivity contribution in [1.29, 1.82) is 0 Å². The van der Waals surface area contributed by atoms with Gasteiger partial charge in [0, 0.05) is 18.9 Å². The van der Waals surface area contributed by atoms with E-state index < -0.39 is 17.6 Å². The molecule has 28 heavy (non-hydrogen) atoms. The Kier molecular flexibility index (Phi) is 5.71. The largest absolute Gasteiger partial charge is 0.419 e. The molecule has 0 aliphatic carbocycles. The first-order valence-corrected chi connectivity index (χ1v) is 8.89. The fourth-order valence-electron chi connectivity index (χ4n) is 2.83. The van der Waals surface area contributed by atoms with Gasteiger partial charge >= 0.3 is 6.18 Å². The average Bonchev–Trinajstić information content (AvgIpc) is 2.66. The number of unbranched alkanes of at least 4 members (excludes halogenated alkanes) is 3. The zero-order valence-corrected chi connectivity index (χ0v) is 15.1. The van der Waals surface area contributed by atoms with Gasteiger partial charge in [-0.1, -0.05) is 26.2 Å². The third kappa shape index (κ3) is 4.18. The molecule has 0 atom stereocenters. The van der Waals surface area contributed by atoms with Gasteiger partial charge in [0.25, 0.3) is 5.56 Å². The van der Waals surface area contributed by atoms with Gasteiger partial charge in [0.05, 0.1) is 28.4 Å². The van der Waals surface area contributed by atoms with Crippen molar-refractivity contribution in [1.82, 2.24) is 19.5 Å². The number of hydrogen-bond donors (Lipinski definition) is 0. The van der Waals surface area contributed by atoms with Gasteiger partial charge in [0.1, 0.15) is 5.82 Å². The van der Waals surface area contributed by atoms with E-state index >= 15 is 0 Å². The fraction of sp³-hybridized carbons (Fsp3) is 0.368. The molecule has 3 aromatic rings. The summed E-state index contributed by atoms with van der Waals surface area (Å²) < 4.78 is 53.8. The van der Waals surface area contributed by atoms with Crippen LogP contribution in [0.5, 0.6) is 0 Å². The molecule has 0 amide bonds. The number of hydrogen-bond acceptors (Lipinski definition) is 4. The first kappa shape index (κ1) is 19.9. The van der Waals surface area contributed by atoms with Crippen molar-refractivity contribution in [3.8, 4) is 11.4 Å². The molecule has 2 heterocycles. The van der Waals surface area contributed by atoms with Gasteiger partial charge in [-0.2, -0.15) is 13.2 Å². The number of benzene rings is 1. The highest BCUT2D eigenvalue weighted by Crippen LogP contribution is 2.29. The maximum Gasteiger partial charge on any atom is 0.419 e. The molecule has 0 aliphatic rings. The van der Waals surface area contributed by atoms with Crippen LogP contribution in [0.1, 0.15) is 38.2 Å². The Labute approximate surface area is 158 Å². The first-order chi connectivity index (χ1) is 13.3. The molecule has 3 rings (SSSR count). The summed E-state index contributed by atoms with van der Waals surface area (Å²) in [5, 5.41) is 0.103. The van der Waals surface area contributed by atoms with Gasteiger partial charge in [-0.15, -0.1) is 0 Å². The Morgan fingerprint density at radius 3 is 2.39 bits per heavy atom. The average molecular weight is 394 g/mol. The summed E-state index contributed by atoms with van der Waals surface area (Å²) in [4.78, 5) is 23.9. The van der Waals surface area contributed by atoms with E-state index in [2.05, 4.69) is 21.9 Å². The second-order valence-corrected chi connectivity index (χ2v) is 6.45. The van der Waals surface area contributed by atoms with Gasteiger partial charge in [-0.3, -0.25) is 9.36 Å². The molecular formula is C19H18F4N4O. The third-order valence-electron chi connectivity index (χ3n) is 4.39. The van der Waals surface area contributed by atoms with Crippen LogP contribution in [0.25, 0.3) is 22.3 Å². The number of aryl methyl sites for hydroxylation is 1. The zero-order valence-electron chi connectivity index (χ0n) is 15.1. The van der Waals surface area contributed by atoms with Gasteiger partial charge in [0.15, 0.2) is 5.82 Å². The number of halogens is 4. The lowest BCUT2D eigenvalue weighted by atomic mass is 10.1. The predicted molar refractivity (Wildman–Crippen MR) is 96.1 cm³/mol. The quantitative estimate of drug-likeness (QED) is 0.453. The molecule has 0 saturated heterocycles. The Bertz CT molecular complexity index is 1030. The second-order valence-electron chi connectivity index (χ2n) is 6.45. The smallest absolute Gasteiger partial charge is 0.299 e. The monoisotopic (exact) mass is 394 g/mol. The topological polar surface area (TPSA) is 60.7 Å². The van der Waals surface area contributed by atoms with Crippen LogP contribution in [0.4, 0.5) is 17.6 Å². The summed E-state index contributed by atoms with van der Waals surface area (Å²) in [6, 6.07) is 2.31. The fourth-order valence-corrected chi connectivity index (χ4v) is 2.83. The summed E-state index contributed by atoms with van der Waals surface area (Å²) in [5.74, 6) is -1.01. The predicted octanol–water partition coefficient (Wildman–Crippen LogP) is 4.59. The van der Waals surface area contributed by atoms with E-state index in [-0.39, 0.29) is 27.9 Å². The Morgan fingerprint density at radius 2 is 1.75 bits per heavy atom. The lowest BCUT2D eigenvalue weighted by molar-refractivity contribution is -0.138. The zero-order chi connectivity index (χ0) is 20.3. The second kappa shape index (κ2) is 8.04. The highest BCUT2D eigenvalue weighted by atomic mass is 19.4. The van der Waals surface area contributed by atoms with E-state index in [0.29, 0.717) is 18.9 Å². The van der Waals surface area contributed by atoms with E-state index in [1.54, 1.807) is 0 Å². The van der Waals surface area contributed by atoms with Crippen LogP contribution < -0.4 is 5.56 Å². The number of fused-ring (bicyclic) bond motifs is 1. The van der Waals surface area contributed by atoms with Crippen LogP contribution in [-0.4, -0.2) is 19.5 Å². The molecule has 5 nitrogen and oxygen atoms in total. The summed E-state index contributed by atoms with van der Waals surface area (Å²) in [6.07, 6.45) is 1.95. The Balaban J connectivity index is 1.94. The molecular weight excluding hydrogens is 376 g/mol. The SMILES string of the molecule is CCCCCCn1cnc2cc(-c3ncc(C(F)(F)F)cn3)c(F)cc2c1=O. The van der Waals surface area contributed by atoms with Crippen LogP contribution in [0.3, 0.4) is 0 Å². The van der Waals surface area contributed by atoms with E-state index in [1.165, 1.54) is 17.0 Å². The highest BCUT2D eigenvalue weighted by Gasteiger charge is 2.31. The van der Waals surface area contributed by atoms with Gasteiger partial charge in [-0.25, -0.2) is 19.3 Å². The minimum atomic E-state index is -4.58. The molecule has 0 aliphatic heterocycles. The molecule has 0 unspecified atom stereocenters. The van der Waals surface area contributed by atoms with Crippen molar-refractivity contribution in [2.24, 2.45) is 0 Å². The first-order valence-electron chi connectivity index (χ1n) is 8.89. The molecule has 148 valence electrons. The molecule has 0 bridgehead atoms. The Hall–Kier alpha value is -2.84. The summed E-state index contributed by atoms with van der Waals surface area (Å²) in [5.41, 5.74) is -1.27. The van der Waals surface area contributed by atoms with Crippen molar-refractivity contribution in [3.63, 3.8) is 0 Å². The maximum atomic E-state index is 14.5. The summed E-state index contributed by atoms with van der Waals surface area (Å²) in [6.45, 7) is 2.58. The lowest BCUT2D eigenvalue weighted by Crippen LogP contribution is -2.21. The van der Waals surface area contributed by atoms with Crippen LogP contribution >= 0.6 is 0 Å². The molecule has 0 saturated carbocycles. The van der Waals surface area contributed by atoms with Crippen LogP contribution in [0, 0.1) is 5.82 Å². The lowest BCUT2D eigenvalue weighted by Gasteiger charge is -2.09. The minimum absolute atomic E-state index is 0.103. The van der Waals surface area contributed by atoms with Crippen molar-refractivity contribution in [2.75, 3.05) is 0 Å². The molecule has 0 fully saturated rings. The third-order valence-corrected chi connectivity index (χ3v) is 4.39. The van der Waals surface area contributed by atoms with Gasteiger partial charge in [-0.05, 0) is 18.6 Å². The van der Waals surface area contributed by atoms with Crippen LogP contribution in [-0.2, 0) is 12.7 Å². The number of aromatic nitrogens is 4. The van der Waals surface area contributed by atoms with E-state index in [4.69, 9.17) is 0 Å². The normalized spacial score (nSPS) is 11.9. The van der Waals surface area contributed by atoms with E-state index in [9.17, 15) is 22.4 Å². The summed E-state index contributed by atoms with van der Waals surface area (Å²) >= 11 is 0. The molecule has 2 aromatic heterocycles. The Morgan fingerprint density at radius 1 is 1.04 bits per heavy atom. The maximum absolute atomic E-state index is 14.5. The number of rotatable bonds is 6. The molecule has 0 N–H and O–H groups in total. The molecule has 9 heteroatoms. The van der Waals surface area contributed by atoms with Crippen molar-refractivity contribution >= 4 is 10.9 Å². The minimum Gasteiger partial charge on any atom is -0.299 e. The molecule has 0 spiro atoms.